The fraction of sp³-hybridized carbons (Fsp3) is 0.457. The quantitative estimate of drug-likeness (QED) is 0.239. The molecule has 1 saturated carbocycles. The number of nitrogens with two attached hydrogens (primary N) is 1. The van der Waals surface area contributed by atoms with Crippen LogP contribution in [0, 0.1) is 30.6 Å². The minimum Gasteiger partial charge on any atom is -0.682 e. The fourth-order valence-electron chi connectivity index (χ4n) is 7.87. The van der Waals surface area contributed by atoms with Crippen LogP contribution in [0.5, 0.6) is 0 Å². The number of Topliss-reactive ketones (excluding diaryl/α,β-unsaturated/α-hetero) is 1. The summed E-state index contributed by atoms with van der Waals surface area (Å²) in [6.45, 7) is 13.5. The van der Waals surface area contributed by atoms with E-state index in [-0.39, 0.29) is 58.9 Å². The summed E-state index contributed by atoms with van der Waals surface area (Å²) < 4.78 is 5.11. The van der Waals surface area contributed by atoms with Crippen LogP contribution >= 0.6 is 0 Å². The van der Waals surface area contributed by atoms with Crippen LogP contribution in [0.4, 0.5) is 0 Å². The molecule has 0 spiro atoms. The number of nitrogens with zero attached hydrogens (tertiary/aromatic N) is 4. The minimum absolute atomic E-state index is 0. The van der Waals surface area contributed by atoms with Crippen molar-refractivity contribution in [1.29, 1.82) is 0 Å². The van der Waals surface area contributed by atoms with Crippen molar-refractivity contribution in [2.75, 3.05) is 7.11 Å². The zero-order valence-electron chi connectivity index (χ0n) is 27.6. The third kappa shape index (κ3) is 5.11. The molecule has 1 aromatic heterocycles. The summed E-state index contributed by atoms with van der Waals surface area (Å²) in [4.78, 5) is 44.1. The molecule has 1 aromatic rings. The standard InChI is InChI=1S/C35H39N5O6.Mg/c1-8-19-15(3)22-12-23-16(4)21(10-11-27(41)42)31(38-23)30-28(33(44)46-7)32(43)29-17(5)24(40-35(29,30)36)13-25-20(9-2)18(6)34(45,39-25)14-26(19)37-22;/h8,12-14,16,18,21,23,28,45H,1,9-11,36H2,2-7H3,(H,41,42);/q-4;+2/b22-12-,24-13-,26-14-,31-30-;/t16-,18?,21-,23?,28+,34+,35-;/m0./s1. The summed E-state index contributed by atoms with van der Waals surface area (Å²) in [6, 6.07) is -0.492. The Bertz CT molecular complexity index is 1850. The molecular weight excluding hydrogens is 611 g/mol. The van der Waals surface area contributed by atoms with E-state index in [1.807, 2.05) is 33.8 Å². The van der Waals surface area contributed by atoms with E-state index in [4.69, 9.17) is 31.4 Å². The Hall–Kier alpha value is -3.58. The second kappa shape index (κ2) is 12.1. The number of aliphatic carboxylic acids is 1. The van der Waals surface area contributed by atoms with E-state index in [1.165, 1.54) is 7.11 Å². The van der Waals surface area contributed by atoms with Crippen molar-refractivity contribution < 1.29 is 29.3 Å². The number of rotatable bonds is 6. The van der Waals surface area contributed by atoms with E-state index in [0.717, 1.165) is 16.7 Å². The number of carboxylic acids is 1. The number of carbonyl (C=O) groups excluding carboxylic acids is 2. The average Bonchev–Trinajstić information content (AvgIpc) is 3.68. The summed E-state index contributed by atoms with van der Waals surface area (Å²) in [5.41, 5.74) is 8.51. The molecule has 47 heavy (non-hydrogen) atoms. The molecule has 12 heteroatoms. The number of ether oxygens (including phenoxy) is 1. The van der Waals surface area contributed by atoms with E-state index in [9.17, 15) is 24.6 Å². The number of hydrogen-bond acceptors (Lipinski definition) is 6. The number of hydrogen-bond donors (Lipinski definition) is 3. The summed E-state index contributed by atoms with van der Waals surface area (Å²) >= 11 is 0. The SMILES string of the molecule is C=Cc1c(C)/c2[n-]/c1=C\[C@]1(O)[N-]C(=C(CC)C1C)/C=C1\[N-][C@@]3(N)C(=C1C)C(=O)[C@H](C(=O)OC)/C3=C1/[N-]C(\C=2)[C@@H](C)[C@@H]1CCC(=O)O.[Mg+2]. The summed E-state index contributed by atoms with van der Waals surface area (Å²) in [5.74, 6) is -4.71. The normalized spacial score (nSPS) is 36.2. The molecule has 244 valence electrons. The molecule has 1 saturated heterocycles. The van der Waals surface area contributed by atoms with Crippen LogP contribution in [0.2, 0.25) is 0 Å². The van der Waals surface area contributed by atoms with E-state index in [0.29, 0.717) is 39.8 Å². The van der Waals surface area contributed by atoms with Crippen LogP contribution in [-0.2, 0) is 19.1 Å². The van der Waals surface area contributed by atoms with Crippen LogP contribution in [-0.4, -0.2) is 75.5 Å². The Morgan fingerprint density at radius 3 is 2.51 bits per heavy atom. The molecule has 2 fully saturated rings. The van der Waals surface area contributed by atoms with Gasteiger partial charge in [0.2, 0.25) is 0 Å². The van der Waals surface area contributed by atoms with Gasteiger partial charge in [0.15, 0.2) is 5.78 Å². The molecule has 5 heterocycles. The van der Waals surface area contributed by atoms with Gasteiger partial charge in [-0.1, -0.05) is 73.9 Å². The minimum atomic E-state index is -1.73. The molecule has 4 aliphatic heterocycles. The first-order valence-electron chi connectivity index (χ1n) is 15.6. The maximum absolute atomic E-state index is 14.1. The molecule has 5 aliphatic rings. The van der Waals surface area contributed by atoms with Gasteiger partial charge in [-0.15, -0.1) is 28.2 Å². The van der Waals surface area contributed by atoms with Gasteiger partial charge >= 0.3 is 35.0 Å². The van der Waals surface area contributed by atoms with Gasteiger partial charge in [0.25, 0.3) is 0 Å². The largest absolute Gasteiger partial charge is 2.00 e. The van der Waals surface area contributed by atoms with E-state index in [1.54, 1.807) is 25.2 Å². The van der Waals surface area contributed by atoms with Crippen molar-refractivity contribution in [2.24, 2.45) is 29.4 Å². The monoisotopic (exact) mass is 649 g/mol. The predicted octanol–water partition coefficient (Wildman–Crippen LogP) is 2.91. The van der Waals surface area contributed by atoms with Gasteiger partial charge in [0.05, 0.1) is 7.11 Å². The van der Waals surface area contributed by atoms with Crippen molar-refractivity contribution in [2.45, 2.75) is 71.3 Å². The number of carboxylic acid groups (broad SMARTS) is 1. The van der Waals surface area contributed by atoms with Crippen molar-refractivity contribution in [3.05, 3.63) is 89.8 Å². The zero-order chi connectivity index (χ0) is 33.5. The van der Waals surface area contributed by atoms with Crippen molar-refractivity contribution in [3.63, 3.8) is 0 Å². The molecule has 4 N–H and O–H groups in total. The van der Waals surface area contributed by atoms with Gasteiger partial charge in [0, 0.05) is 17.7 Å². The molecule has 7 atom stereocenters. The molecule has 0 amide bonds. The van der Waals surface area contributed by atoms with Crippen molar-refractivity contribution in [1.82, 2.24) is 4.98 Å². The number of aliphatic hydroxyl groups is 1. The summed E-state index contributed by atoms with van der Waals surface area (Å²) in [7, 11) is 1.21. The fourth-order valence-corrected chi connectivity index (χ4v) is 7.87. The summed E-state index contributed by atoms with van der Waals surface area (Å²) in [5, 5.41) is 37.6. The van der Waals surface area contributed by atoms with Crippen LogP contribution in [0.1, 0.15) is 58.1 Å². The molecule has 8 bridgehead atoms. The van der Waals surface area contributed by atoms with Gasteiger partial charge < -0.3 is 41.6 Å². The molecular formula is C35H39MgN5O6-2. The molecule has 2 unspecified atom stereocenters. The first-order valence-corrected chi connectivity index (χ1v) is 15.6. The van der Waals surface area contributed by atoms with E-state index < -0.39 is 47.0 Å². The Kier molecular flexibility index (Phi) is 8.97. The first-order chi connectivity index (χ1) is 21.7. The number of aromatic nitrogens is 1. The van der Waals surface area contributed by atoms with Crippen LogP contribution in [0.15, 0.2) is 52.0 Å². The van der Waals surface area contributed by atoms with Crippen molar-refractivity contribution in [3.8, 4) is 0 Å². The van der Waals surface area contributed by atoms with Gasteiger partial charge in [-0.25, -0.2) is 0 Å². The van der Waals surface area contributed by atoms with Gasteiger partial charge in [0.1, 0.15) is 5.92 Å². The van der Waals surface area contributed by atoms with Gasteiger partial charge in [-0.3, -0.25) is 14.4 Å². The smallest absolute Gasteiger partial charge is 0.682 e. The predicted molar refractivity (Wildman–Crippen MR) is 179 cm³/mol. The number of methoxy groups -OCH3 is 1. The Balaban J connectivity index is 0.00000433. The number of esters is 1. The van der Waals surface area contributed by atoms with E-state index >= 15 is 0 Å². The molecule has 1 aliphatic carbocycles. The number of carbonyl (C=O) groups is 3. The number of fused-ring (bicyclic) bond motifs is 7. The van der Waals surface area contributed by atoms with Crippen LogP contribution in [0.3, 0.4) is 0 Å². The molecule has 11 nitrogen and oxygen atoms in total. The second-order valence-corrected chi connectivity index (χ2v) is 12.9. The zero-order valence-corrected chi connectivity index (χ0v) is 29.0. The van der Waals surface area contributed by atoms with Crippen LogP contribution < -0.4 is 21.4 Å². The Morgan fingerprint density at radius 2 is 1.89 bits per heavy atom. The maximum atomic E-state index is 14.1. The average molecular weight is 650 g/mol. The van der Waals surface area contributed by atoms with Gasteiger partial charge in [-0.05, 0) is 55.7 Å². The number of ketones is 1. The summed E-state index contributed by atoms with van der Waals surface area (Å²) in [6.07, 6.45) is 7.68. The first kappa shape index (κ1) is 34.7. The van der Waals surface area contributed by atoms with Crippen molar-refractivity contribution >= 4 is 59.0 Å². The molecule has 0 aromatic carbocycles. The third-order valence-electron chi connectivity index (χ3n) is 10.5. The molecule has 0 radical (unpaired) electrons. The third-order valence-corrected chi connectivity index (χ3v) is 10.5. The Labute approximate surface area is 290 Å². The maximum Gasteiger partial charge on any atom is 2.00 e. The second-order valence-electron chi connectivity index (χ2n) is 12.9. The molecule has 6 rings (SSSR count). The Morgan fingerprint density at radius 1 is 1.19 bits per heavy atom. The van der Waals surface area contributed by atoms with Crippen LogP contribution in [0.25, 0.3) is 34.2 Å². The van der Waals surface area contributed by atoms with E-state index in [2.05, 4.69) is 6.58 Å². The number of allylic oxidation sites excluding steroid dienone is 3. The van der Waals surface area contributed by atoms with Gasteiger partial charge in [-0.2, -0.15) is 5.70 Å². The topological polar surface area (TPSA) is 183 Å².